The Kier molecular flexibility index (Phi) is 41.7. The summed E-state index contributed by atoms with van der Waals surface area (Å²) in [6.07, 6.45) is 7.35. The van der Waals surface area contributed by atoms with Crippen LogP contribution >= 0.6 is 0 Å². The van der Waals surface area contributed by atoms with Gasteiger partial charge in [0.05, 0.1) is 117 Å². The van der Waals surface area contributed by atoms with Crippen molar-refractivity contribution in [3.05, 3.63) is 102 Å². The molecule has 4 amide bonds. The van der Waals surface area contributed by atoms with Crippen LogP contribution in [0.1, 0.15) is 214 Å². The molecule has 6 saturated heterocycles. The molecule has 2 saturated carbocycles. The van der Waals surface area contributed by atoms with Gasteiger partial charge in [-0.25, -0.2) is 0 Å². The Morgan fingerprint density at radius 3 is 1.18 bits per heavy atom. The minimum absolute atomic E-state index is 0. The van der Waals surface area contributed by atoms with Gasteiger partial charge in [0.25, 0.3) is 0 Å². The average molecular weight is 1840 g/mol. The SMILES string of the molecule is C.C.CC(NC(=O)CN1CCOCC1)C(=O)CC(C(=O)NC(CC1CCCC1)C(=O)C1(C)CO1)C(O)c1ccc(OC(C)(F)F)cc1.COc1ccc(C(O)C(NC(=O)C(C)CC(=O)CN2CCOCC2)C(=O)CC(CC2CC=CC2)C(=O)C2(C)CO2)cc1.COc1ccc(C(O)C(NC(=O)C(C)CC(=O)CN2CCOCC2)C(=O)CC(CC2CCCC2)C(=O)C2(C)CO2)cc1. The molecule has 0 bridgehead atoms. The Balaban J connectivity index is 0.000000241. The molecule has 31 nitrogen and oxygen atoms in total. The number of epoxide rings is 3. The predicted octanol–water partition coefficient (Wildman–Crippen LogP) is 8.90. The lowest BCUT2D eigenvalue weighted by molar-refractivity contribution is -0.159. The fraction of sp³-hybridized carbons (Fsp3) is 0.673. The number of ether oxygens (including phenoxy) is 9. The number of hydrogen-bond donors (Lipinski definition) is 7. The smallest absolute Gasteiger partial charge is 0.394 e. The van der Waals surface area contributed by atoms with Gasteiger partial charge < -0.3 is 79.2 Å². The summed E-state index contributed by atoms with van der Waals surface area (Å²) in [4.78, 5) is 166. The highest BCUT2D eigenvalue weighted by Gasteiger charge is 2.54. The van der Waals surface area contributed by atoms with Gasteiger partial charge in [-0.3, -0.25) is 72.2 Å². The quantitative estimate of drug-likeness (QED) is 0.0205. The number of morpholine rings is 3. The van der Waals surface area contributed by atoms with E-state index in [9.17, 15) is 81.6 Å². The number of methoxy groups -OCH3 is 2. The summed E-state index contributed by atoms with van der Waals surface area (Å²) in [6, 6.07) is 14.0. The number of carbonyl (C=O) groups excluding carboxylic acids is 12. The lowest BCUT2D eigenvalue weighted by atomic mass is 9.80. The maximum Gasteiger partial charge on any atom is 0.394 e. The maximum atomic E-state index is 13.9. The van der Waals surface area contributed by atoms with Gasteiger partial charge >= 0.3 is 6.11 Å². The average Bonchev–Trinajstić information content (AvgIpc) is 1.65. The van der Waals surface area contributed by atoms with Gasteiger partial charge in [-0.15, -0.1) is 0 Å². The van der Waals surface area contributed by atoms with Gasteiger partial charge in [0, 0.05) is 102 Å². The molecule has 33 heteroatoms. The molecule has 3 aromatic carbocycles. The van der Waals surface area contributed by atoms with Crippen molar-refractivity contribution in [1.82, 2.24) is 36.0 Å². The van der Waals surface area contributed by atoms with Crippen molar-refractivity contribution in [3.8, 4) is 17.2 Å². The van der Waals surface area contributed by atoms with Crippen LogP contribution in [-0.4, -0.2) is 280 Å². The highest BCUT2D eigenvalue weighted by molar-refractivity contribution is 6.00. The number of ketones is 8. The second-order valence-electron chi connectivity index (χ2n) is 37.1. The van der Waals surface area contributed by atoms with E-state index in [2.05, 4.69) is 38.2 Å². The van der Waals surface area contributed by atoms with Crippen molar-refractivity contribution in [2.45, 2.75) is 244 Å². The van der Waals surface area contributed by atoms with Crippen LogP contribution in [0.15, 0.2) is 84.9 Å². The molecule has 3 aliphatic carbocycles. The molecule has 15 atom stereocenters. The molecule has 0 radical (unpaired) electrons. The summed E-state index contributed by atoms with van der Waals surface area (Å²) >= 11 is 0. The van der Waals surface area contributed by atoms with Crippen LogP contribution in [0.4, 0.5) is 8.78 Å². The standard InChI is InChI=1S/C32H45F2N3O8.C32H46N2O8.C32H44N2O8.2CH4/c1-20(35-27(39)18-37-12-14-43-15-13-37)26(38)17-24(28(40)22-8-10-23(11-9-22)45-32(3,33)34)30(42)36-25(16-21-6-4-5-7-21)29(41)31(2)19-44-31;2*1-21(16-25(35)19-34-12-14-41-15-13-34)31(39)33-28(29(37)23-8-10-26(40-3)11-9-23)27(36)18-24(17-22-6-4-5-7-22)30(38)32(2)20-42-32;;/h8-11,20-21,24-25,28,40H,4-7,12-19H2,1-3H3,(H,35,39)(H,36,42);8-11,21-22,24,28-29,37H,4-7,12-20H2,1-3H3,(H,33,39);4-5,8-11,21-22,24,28-29,37H,6-7,12-20H2,1-3H3,(H,33,39);2*1H4. The van der Waals surface area contributed by atoms with Crippen molar-refractivity contribution in [2.75, 3.05) is 133 Å². The van der Waals surface area contributed by atoms with Crippen molar-refractivity contribution in [3.63, 3.8) is 0 Å². The van der Waals surface area contributed by atoms with Crippen LogP contribution < -0.4 is 35.5 Å². The number of Topliss-reactive ketones (excluding diaryl/α,β-unsaturated/α-hetero) is 8. The second kappa shape index (κ2) is 50.7. The van der Waals surface area contributed by atoms with Crippen molar-refractivity contribution >= 4 is 69.9 Å². The number of aliphatic hydroxyl groups is 3. The lowest BCUT2D eigenvalue weighted by Gasteiger charge is -2.28. The van der Waals surface area contributed by atoms with Crippen LogP contribution in [0.5, 0.6) is 17.2 Å². The molecule has 0 spiro atoms. The molecule has 9 aliphatic rings. The molecular weight excluding hydrogens is 1700 g/mol. The summed E-state index contributed by atoms with van der Waals surface area (Å²) in [7, 11) is 3.06. The Bertz CT molecular complexity index is 4110. The topological polar surface area (TPSA) is 416 Å². The largest absolute Gasteiger partial charge is 0.497 e. The zero-order valence-corrected chi connectivity index (χ0v) is 76.2. The molecule has 131 heavy (non-hydrogen) atoms. The molecule has 15 unspecified atom stereocenters. The van der Waals surface area contributed by atoms with Crippen LogP contribution in [0.2, 0.25) is 0 Å². The first kappa shape index (κ1) is 108. The highest BCUT2D eigenvalue weighted by Crippen LogP contribution is 2.41. The number of benzene rings is 3. The monoisotopic (exact) mass is 1840 g/mol. The number of allylic oxidation sites excluding steroid dienone is 2. The Hall–Kier alpha value is -8.58. The number of rotatable bonds is 48. The maximum absolute atomic E-state index is 13.9. The number of nitrogens with one attached hydrogen (secondary N) is 4. The molecule has 3 aromatic rings. The molecule has 6 aliphatic heterocycles. The first-order valence-electron chi connectivity index (χ1n) is 45.8. The summed E-state index contributed by atoms with van der Waals surface area (Å²) in [5.41, 5.74) is -1.70. The van der Waals surface area contributed by atoms with Gasteiger partial charge in [-0.1, -0.05) is 129 Å². The fourth-order valence-corrected chi connectivity index (χ4v) is 17.8. The number of carbonyl (C=O) groups is 12. The number of aliphatic hydroxyl groups excluding tert-OH is 3. The first-order valence-corrected chi connectivity index (χ1v) is 45.8. The number of amides is 4. The second-order valence-corrected chi connectivity index (χ2v) is 37.1. The number of halogens is 2. The zero-order valence-electron chi connectivity index (χ0n) is 76.2. The van der Waals surface area contributed by atoms with Crippen LogP contribution in [0, 0.1) is 47.3 Å². The van der Waals surface area contributed by atoms with Gasteiger partial charge in [0.15, 0.2) is 34.7 Å². The fourth-order valence-electron chi connectivity index (χ4n) is 17.8. The summed E-state index contributed by atoms with van der Waals surface area (Å²) < 4.78 is 73.8. The molecule has 6 heterocycles. The predicted molar refractivity (Wildman–Crippen MR) is 482 cm³/mol. The van der Waals surface area contributed by atoms with E-state index in [-0.39, 0.29) is 125 Å². The van der Waals surface area contributed by atoms with Crippen molar-refractivity contribution in [1.29, 1.82) is 0 Å². The van der Waals surface area contributed by atoms with E-state index < -0.39 is 136 Å². The Morgan fingerprint density at radius 2 is 0.802 bits per heavy atom. The molecule has 0 aromatic heterocycles. The number of alkyl halides is 2. The van der Waals surface area contributed by atoms with E-state index in [1.54, 1.807) is 83.1 Å². The third-order valence-electron chi connectivity index (χ3n) is 26.2. The van der Waals surface area contributed by atoms with E-state index >= 15 is 0 Å². The molecule has 12 rings (SSSR count). The molecule has 8 fully saturated rings. The van der Waals surface area contributed by atoms with Crippen LogP contribution in [-0.2, 0) is 86.0 Å². The van der Waals surface area contributed by atoms with Gasteiger partial charge in [-0.2, -0.15) is 8.78 Å². The van der Waals surface area contributed by atoms with Crippen molar-refractivity contribution < 1.29 is 124 Å². The molecular formula is C98H143F2N7O24. The zero-order chi connectivity index (χ0) is 93.3. The summed E-state index contributed by atoms with van der Waals surface area (Å²) in [5.74, 6) is -6.03. The summed E-state index contributed by atoms with van der Waals surface area (Å²) in [5, 5.41) is 45.1. The minimum Gasteiger partial charge on any atom is -0.497 e. The van der Waals surface area contributed by atoms with E-state index in [0.29, 0.717) is 147 Å². The normalized spacial score (nSPS) is 23.3. The lowest BCUT2D eigenvalue weighted by Crippen LogP contribution is -2.50. The van der Waals surface area contributed by atoms with E-state index in [4.69, 9.17) is 37.9 Å². The van der Waals surface area contributed by atoms with Crippen LogP contribution in [0.25, 0.3) is 0 Å². The Labute approximate surface area is 769 Å². The van der Waals surface area contributed by atoms with Crippen molar-refractivity contribution in [2.24, 2.45) is 47.3 Å². The van der Waals surface area contributed by atoms with E-state index in [1.807, 2.05) is 14.7 Å². The third kappa shape index (κ3) is 33.2. The van der Waals surface area contributed by atoms with Gasteiger partial charge in [0.2, 0.25) is 23.6 Å². The third-order valence-corrected chi connectivity index (χ3v) is 26.2. The molecule has 7 N–H and O–H groups in total. The number of nitrogens with zero attached hydrogens (tertiary/aromatic N) is 3. The summed E-state index contributed by atoms with van der Waals surface area (Å²) in [6.45, 7) is 19.2. The van der Waals surface area contributed by atoms with Crippen LogP contribution in [0.3, 0.4) is 0 Å². The minimum atomic E-state index is -3.42. The van der Waals surface area contributed by atoms with E-state index in [0.717, 1.165) is 64.2 Å². The van der Waals surface area contributed by atoms with Gasteiger partial charge in [-0.05, 0) is 131 Å². The Morgan fingerprint density at radius 1 is 0.450 bits per heavy atom. The first-order chi connectivity index (χ1) is 61.4. The highest BCUT2D eigenvalue weighted by atomic mass is 19.3. The number of hydrogen-bond acceptors (Lipinski definition) is 27. The molecule has 728 valence electrons. The van der Waals surface area contributed by atoms with Gasteiger partial charge in [0.1, 0.15) is 69.9 Å². The van der Waals surface area contributed by atoms with E-state index in [1.165, 1.54) is 45.4 Å².